The highest BCUT2D eigenvalue weighted by molar-refractivity contribution is 6.00. The number of methoxy groups -OCH3 is 2. The maximum atomic E-state index is 12.7. The van der Waals surface area contributed by atoms with Crippen LogP contribution in [0.15, 0.2) is 18.2 Å². The zero-order chi connectivity index (χ0) is 17.4. The van der Waals surface area contributed by atoms with E-state index in [0.29, 0.717) is 23.6 Å². The summed E-state index contributed by atoms with van der Waals surface area (Å²) in [5.41, 5.74) is 0.432. The summed E-state index contributed by atoms with van der Waals surface area (Å²) in [6.45, 7) is 5.94. The van der Waals surface area contributed by atoms with E-state index in [1.165, 1.54) is 14.2 Å². The van der Waals surface area contributed by atoms with E-state index in [1.807, 2.05) is 18.7 Å². The second-order valence-corrected chi connectivity index (χ2v) is 5.21. The van der Waals surface area contributed by atoms with E-state index in [4.69, 9.17) is 14.6 Å². The van der Waals surface area contributed by atoms with E-state index < -0.39 is 11.9 Å². The van der Waals surface area contributed by atoms with Crippen LogP contribution in [0.4, 0.5) is 0 Å². The largest absolute Gasteiger partial charge is 0.493 e. The molecule has 1 aromatic rings. The smallest absolute Gasteiger partial charge is 0.304 e. The Kier molecular flexibility index (Phi) is 7.54. The number of ether oxygens (including phenoxy) is 2. The third-order valence-electron chi connectivity index (χ3n) is 3.83. The zero-order valence-electron chi connectivity index (χ0n) is 14.2. The van der Waals surface area contributed by atoms with Gasteiger partial charge in [-0.25, -0.2) is 0 Å². The first-order valence-electron chi connectivity index (χ1n) is 7.67. The number of hydrogen-bond donors (Lipinski definition) is 1. The molecule has 0 aliphatic carbocycles. The van der Waals surface area contributed by atoms with Crippen LogP contribution in [0, 0.1) is 5.92 Å². The van der Waals surface area contributed by atoms with Gasteiger partial charge in [0, 0.05) is 18.0 Å². The van der Waals surface area contributed by atoms with Crippen molar-refractivity contribution in [3.63, 3.8) is 0 Å². The molecule has 0 heterocycles. The SMILES string of the molecule is CCN(CC)CC(CC(=O)O)C(=O)c1ccc(OC)c(OC)c1. The highest BCUT2D eigenvalue weighted by Crippen LogP contribution is 2.29. The fourth-order valence-corrected chi connectivity index (χ4v) is 2.47. The van der Waals surface area contributed by atoms with Gasteiger partial charge in [-0.15, -0.1) is 0 Å². The van der Waals surface area contributed by atoms with Crippen LogP contribution in [0.25, 0.3) is 0 Å². The van der Waals surface area contributed by atoms with Gasteiger partial charge in [-0.05, 0) is 31.3 Å². The van der Waals surface area contributed by atoms with Crippen molar-refractivity contribution < 1.29 is 24.2 Å². The number of carbonyl (C=O) groups is 2. The number of nitrogens with zero attached hydrogens (tertiary/aromatic N) is 1. The Morgan fingerprint density at radius 1 is 1.13 bits per heavy atom. The molecular weight excluding hydrogens is 298 g/mol. The number of benzene rings is 1. The molecule has 1 rings (SSSR count). The van der Waals surface area contributed by atoms with Gasteiger partial charge in [0.2, 0.25) is 0 Å². The lowest BCUT2D eigenvalue weighted by Gasteiger charge is -2.23. The van der Waals surface area contributed by atoms with Gasteiger partial charge in [0.25, 0.3) is 0 Å². The fourth-order valence-electron chi connectivity index (χ4n) is 2.47. The summed E-state index contributed by atoms with van der Waals surface area (Å²) >= 11 is 0. The summed E-state index contributed by atoms with van der Waals surface area (Å²) < 4.78 is 10.4. The van der Waals surface area contributed by atoms with E-state index in [0.717, 1.165) is 13.1 Å². The van der Waals surface area contributed by atoms with Crippen LogP contribution in [0.3, 0.4) is 0 Å². The van der Waals surface area contributed by atoms with Crippen molar-refractivity contribution in [1.82, 2.24) is 4.90 Å². The van der Waals surface area contributed by atoms with Crippen molar-refractivity contribution in [1.29, 1.82) is 0 Å². The van der Waals surface area contributed by atoms with Gasteiger partial charge in [0.15, 0.2) is 17.3 Å². The van der Waals surface area contributed by atoms with Crippen LogP contribution < -0.4 is 9.47 Å². The molecule has 0 saturated carbocycles. The molecule has 0 spiro atoms. The van der Waals surface area contributed by atoms with Crippen molar-refractivity contribution in [3.05, 3.63) is 23.8 Å². The summed E-state index contributed by atoms with van der Waals surface area (Å²) in [6.07, 6.45) is -0.191. The Balaban J connectivity index is 3.05. The monoisotopic (exact) mass is 323 g/mol. The van der Waals surface area contributed by atoms with Crippen LogP contribution >= 0.6 is 0 Å². The molecule has 0 radical (unpaired) electrons. The Morgan fingerprint density at radius 3 is 2.22 bits per heavy atom. The molecule has 0 aliphatic rings. The van der Waals surface area contributed by atoms with Crippen molar-refractivity contribution in [2.24, 2.45) is 5.92 Å². The minimum absolute atomic E-state index is 0.191. The molecule has 0 aliphatic heterocycles. The second-order valence-electron chi connectivity index (χ2n) is 5.21. The molecule has 1 N–H and O–H groups in total. The highest BCUT2D eigenvalue weighted by atomic mass is 16.5. The first-order chi connectivity index (χ1) is 11.0. The molecule has 0 saturated heterocycles. The molecule has 0 bridgehead atoms. The normalized spacial score (nSPS) is 12.0. The second kappa shape index (κ2) is 9.15. The third-order valence-corrected chi connectivity index (χ3v) is 3.83. The highest BCUT2D eigenvalue weighted by Gasteiger charge is 2.25. The lowest BCUT2D eigenvalue weighted by molar-refractivity contribution is -0.137. The van der Waals surface area contributed by atoms with E-state index in [1.54, 1.807) is 18.2 Å². The van der Waals surface area contributed by atoms with Crippen molar-refractivity contribution in [2.45, 2.75) is 20.3 Å². The summed E-state index contributed by atoms with van der Waals surface area (Å²) in [7, 11) is 3.02. The fraction of sp³-hybridized carbons (Fsp3) is 0.529. The van der Waals surface area contributed by atoms with Crippen LogP contribution in [0.2, 0.25) is 0 Å². The predicted octanol–water partition coefficient (Wildman–Crippen LogP) is 2.32. The van der Waals surface area contributed by atoms with E-state index in [2.05, 4.69) is 0 Å². The third kappa shape index (κ3) is 5.25. The summed E-state index contributed by atoms with van der Waals surface area (Å²) in [5, 5.41) is 9.11. The van der Waals surface area contributed by atoms with Crippen LogP contribution in [0.5, 0.6) is 11.5 Å². The topological polar surface area (TPSA) is 76.1 Å². The molecule has 23 heavy (non-hydrogen) atoms. The van der Waals surface area contributed by atoms with Crippen molar-refractivity contribution in [3.8, 4) is 11.5 Å². The number of aliphatic carboxylic acids is 1. The maximum absolute atomic E-state index is 12.7. The number of ketones is 1. The molecule has 1 atom stereocenters. The molecule has 0 amide bonds. The van der Waals surface area contributed by atoms with E-state index in [-0.39, 0.29) is 12.2 Å². The number of carboxylic acid groups (broad SMARTS) is 1. The summed E-state index contributed by atoms with van der Waals surface area (Å²) in [4.78, 5) is 25.9. The number of Topliss-reactive ketones (excluding diaryl/α,β-unsaturated/α-hetero) is 1. The standard InChI is InChI=1S/C17H25NO5/c1-5-18(6-2)11-13(10-16(19)20)17(21)12-7-8-14(22-3)15(9-12)23-4/h7-9,13H,5-6,10-11H2,1-4H3,(H,19,20). The van der Waals surface area contributed by atoms with Crippen molar-refractivity contribution >= 4 is 11.8 Å². The minimum Gasteiger partial charge on any atom is -0.493 e. The zero-order valence-corrected chi connectivity index (χ0v) is 14.2. The van der Waals surface area contributed by atoms with Crippen LogP contribution in [-0.4, -0.2) is 55.6 Å². The number of hydrogen-bond acceptors (Lipinski definition) is 5. The van der Waals surface area contributed by atoms with Gasteiger partial charge in [0.05, 0.1) is 20.6 Å². The maximum Gasteiger partial charge on any atom is 0.304 e. The molecule has 0 aromatic heterocycles. The first-order valence-corrected chi connectivity index (χ1v) is 7.67. The quantitative estimate of drug-likeness (QED) is 0.666. The molecular formula is C17H25NO5. The average molecular weight is 323 g/mol. The van der Waals surface area contributed by atoms with Crippen LogP contribution in [-0.2, 0) is 4.79 Å². The van der Waals surface area contributed by atoms with Gasteiger partial charge in [-0.1, -0.05) is 13.8 Å². The Morgan fingerprint density at radius 2 is 1.74 bits per heavy atom. The van der Waals surface area contributed by atoms with E-state index >= 15 is 0 Å². The average Bonchev–Trinajstić information content (AvgIpc) is 2.56. The van der Waals surface area contributed by atoms with Crippen LogP contribution in [0.1, 0.15) is 30.6 Å². The van der Waals surface area contributed by atoms with Gasteiger partial charge >= 0.3 is 5.97 Å². The molecule has 6 heteroatoms. The molecule has 128 valence electrons. The molecule has 6 nitrogen and oxygen atoms in total. The Hall–Kier alpha value is -2.08. The summed E-state index contributed by atoms with van der Waals surface area (Å²) in [6, 6.07) is 4.89. The number of carboxylic acids is 1. The van der Waals surface area contributed by atoms with Gasteiger partial charge in [0.1, 0.15) is 0 Å². The lowest BCUT2D eigenvalue weighted by Crippen LogP contribution is -2.34. The molecule has 1 aromatic carbocycles. The van der Waals surface area contributed by atoms with Gasteiger partial charge < -0.3 is 19.5 Å². The lowest BCUT2D eigenvalue weighted by atomic mass is 9.93. The predicted molar refractivity (Wildman–Crippen MR) is 87.4 cm³/mol. The van der Waals surface area contributed by atoms with E-state index in [9.17, 15) is 9.59 Å². The first kappa shape index (κ1) is 19.0. The number of carbonyl (C=O) groups excluding carboxylic acids is 1. The molecule has 1 unspecified atom stereocenters. The minimum atomic E-state index is -0.976. The number of rotatable bonds is 10. The Labute approximate surface area is 137 Å². The molecule has 0 fully saturated rings. The van der Waals surface area contributed by atoms with Gasteiger partial charge in [-0.3, -0.25) is 9.59 Å². The Bertz CT molecular complexity index is 540. The van der Waals surface area contributed by atoms with Crippen molar-refractivity contribution in [2.75, 3.05) is 33.9 Å². The summed E-state index contributed by atoms with van der Waals surface area (Å²) in [5.74, 6) is -0.778. The van der Waals surface area contributed by atoms with Gasteiger partial charge in [-0.2, -0.15) is 0 Å².